The molecule has 9 nitrogen and oxygen atoms in total. The third-order valence-corrected chi connectivity index (χ3v) is 3.50. The van der Waals surface area contributed by atoms with Gasteiger partial charge in [0.05, 0.1) is 6.54 Å². The van der Waals surface area contributed by atoms with Crippen LogP contribution >= 0.6 is 0 Å². The van der Waals surface area contributed by atoms with Gasteiger partial charge in [0.15, 0.2) is 0 Å². The Bertz CT molecular complexity index is 467. The standard InChI is InChI=1S/C13H22N4O5/c1-7(15-10(18)6-14)12(20)17-5-3-4-9(17)11(19)16-8(2)13(21)22/h7-9H,3-6,14H2,1-2H3,(H,15,18)(H,16,19)(H,21,22)/t7-,8-,9-/m0/s1. The maximum atomic E-state index is 12.3. The highest BCUT2D eigenvalue weighted by molar-refractivity contribution is 5.93. The van der Waals surface area contributed by atoms with Gasteiger partial charge in [0.2, 0.25) is 17.7 Å². The van der Waals surface area contributed by atoms with E-state index in [-0.39, 0.29) is 12.5 Å². The molecule has 1 aliphatic heterocycles. The molecule has 1 fully saturated rings. The monoisotopic (exact) mass is 314 g/mol. The van der Waals surface area contributed by atoms with Crippen molar-refractivity contribution >= 4 is 23.7 Å². The minimum Gasteiger partial charge on any atom is -0.480 e. The molecule has 0 unspecified atom stereocenters. The fourth-order valence-electron chi connectivity index (χ4n) is 2.29. The van der Waals surface area contributed by atoms with Crippen LogP contribution < -0.4 is 16.4 Å². The zero-order valence-corrected chi connectivity index (χ0v) is 12.7. The molecular weight excluding hydrogens is 292 g/mol. The first-order chi connectivity index (χ1) is 10.3. The van der Waals surface area contributed by atoms with E-state index in [0.717, 1.165) is 0 Å². The number of hydrogen-bond acceptors (Lipinski definition) is 5. The van der Waals surface area contributed by atoms with Crippen molar-refractivity contribution in [2.24, 2.45) is 5.73 Å². The van der Waals surface area contributed by atoms with Crippen molar-refractivity contribution in [1.29, 1.82) is 0 Å². The number of nitrogens with one attached hydrogen (secondary N) is 2. The predicted molar refractivity (Wildman–Crippen MR) is 76.6 cm³/mol. The number of nitrogens with zero attached hydrogens (tertiary/aromatic N) is 1. The predicted octanol–water partition coefficient (Wildman–Crippen LogP) is -1.97. The van der Waals surface area contributed by atoms with E-state index in [0.29, 0.717) is 19.4 Å². The molecule has 0 bridgehead atoms. The van der Waals surface area contributed by atoms with Crippen LogP contribution in [0.4, 0.5) is 0 Å². The molecule has 22 heavy (non-hydrogen) atoms. The van der Waals surface area contributed by atoms with Gasteiger partial charge in [-0.15, -0.1) is 0 Å². The van der Waals surface area contributed by atoms with Crippen LogP contribution in [0.15, 0.2) is 0 Å². The molecule has 0 aromatic heterocycles. The molecule has 5 N–H and O–H groups in total. The Labute approximate surface area is 128 Å². The van der Waals surface area contributed by atoms with Gasteiger partial charge in [-0.2, -0.15) is 0 Å². The zero-order valence-electron chi connectivity index (χ0n) is 12.7. The van der Waals surface area contributed by atoms with Crippen molar-refractivity contribution in [2.45, 2.75) is 44.8 Å². The summed E-state index contributed by atoms with van der Waals surface area (Å²) in [6.07, 6.45) is 1.10. The molecule has 124 valence electrons. The average Bonchev–Trinajstić information content (AvgIpc) is 2.95. The van der Waals surface area contributed by atoms with Crippen LogP contribution in [0.2, 0.25) is 0 Å². The molecule has 3 atom stereocenters. The number of carbonyl (C=O) groups excluding carboxylic acids is 3. The molecule has 9 heteroatoms. The van der Waals surface area contributed by atoms with E-state index < -0.39 is 35.9 Å². The van der Waals surface area contributed by atoms with Gasteiger partial charge in [-0.05, 0) is 26.7 Å². The van der Waals surface area contributed by atoms with E-state index in [1.54, 1.807) is 0 Å². The van der Waals surface area contributed by atoms with Crippen molar-refractivity contribution in [3.63, 3.8) is 0 Å². The Morgan fingerprint density at radius 2 is 1.86 bits per heavy atom. The van der Waals surface area contributed by atoms with E-state index in [1.165, 1.54) is 18.7 Å². The largest absolute Gasteiger partial charge is 0.480 e. The van der Waals surface area contributed by atoms with Gasteiger partial charge in [-0.25, -0.2) is 0 Å². The lowest BCUT2D eigenvalue weighted by Gasteiger charge is -2.27. The highest BCUT2D eigenvalue weighted by atomic mass is 16.4. The van der Waals surface area contributed by atoms with Crippen LogP contribution in [0.1, 0.15) is 26.7 Å². The molecule has 1 rings (SSSR count). The fourth-order valence-corrected chi connectivity index (χ4v) is 2.29. The van der Waals surface area contributed by atoms with E-state index in [9.17, 15) is 19.2 Å². The average molecular weight is 314 g/mol. The summed E-state index contributed by atoms with van der Waals surface area (Å²) in [7, 11) is 0. The van der Waals surface area contributed by atoms with Crippen molar-refractivity contribution in [3.05, 3.63) is 0 Å². The maximum Gasteiger partial charge on any atom is 0.325 e. The van der Waals surface area contributed by atoms with Crippen LogP contribution in [0.25, 0.3) is 0 Å². The Hall–Kier alpha value is -2.16. The van der Waals surface area contributed by atoms with Crippen molar-refractivity contribution < 1.29 is 24.3 Å². The Kier molecular flexibility index (Phi) is 6.29. The number of aliphatic carboxylic acids is 1. The lowest BCUT2D eigenvalue weighted by molar-refractivity contribution is -0.144. The van der Waals surface area contributed by atoms with Crippen molar-refractivity contribution in [3.8, 4) is 0 Å². The molecule has 0 aliphatic carbocycles. The van der Waals surface area contributed by atoms with Crippen LogP contribution in [-0.2, 0) is 19.2 Å². The summed E-state index contributed by atoms with van der Waals surface area (Å²) >= 11 is 0. The van der Waals surface area contributed by atoms with Gasteiger partial charge in [0.1, 0.15) is 18.1 Å². The van der Waals surface area contributed by atoms with Crippen LogP contribution in [-0.4, -0.2) is 64.9 Å². The van der Waals surface area contributed by atoms with Gasteiger partial charge in [-0.3, -0.25) is 19.2 Å². The molecule has 0 saturated carbocycles. The molecule has 0 radical (unpaired) electrons. The third-order valence-electron chi connectivity index (χ3n) is 3.50. The quantitative estimate of drug-likeness (QED) is 0.448. The van der Waals surface area contributed by atoms with E-state index >= 15 is 0 Å². The van der Waals surface area contributed by atoms with Gasteiger partial charge in [-0.1, -0.05) is 0 Å². The summed E-state index contributed by atoms with van der Waals surface area (Å²) in [4.78, 5) is 47.8. The van der Waals surface area contributed by atoms with Gasteiger partial charge >= 0.3 is 5.97 Å². The highest BCUT2D eigenvalue weighted by Crippen LogP contribution is 2.18. The maximum absolute atomic E-state index is 12.3. The number of rotatable bonds is 6. The number of likely N-dealkylation sites (tertiary alicyclic amines) is 1. The summed E-state index contributed by atoms with van der Waals surface area (Å²) in [5.41, 5.74) is 5.18. The second-order valence-corrected chi connectivity index (χ2v) is 5.25. The number of hydrogen-bond donors (Lipinski definition) is 4. The first kappa shape index (κ1) is 17.9. The summed E-state index contributed by atoms with van der Waals surface area (Å²) in [6.45, 7) is 3.04. The fraction of sp³-hybridized carbons (Fsp3) is 0.692. The normalized spacial score (nSPS) is 20.1. The summed E-state index contributed by atoms with van der Waals surface area (Å²) in [5.74, 6) is -2.49. The number of carboxylic acid groups (broad SMARTS) is 1. The molecule has 1 saturated heterocycles. The molecule has 0 aromatic rings. The Morgan fingerprint density at radius 1 is 1.23 bits per heavy atom. The van der Waals surface area contributed by atoms with Crippen molar-refractivity contribution in [2.75, 3.05) is 13.1 Å². The van der Waals surface area contributed by atoms with Crippen molar-refractivity contribution in [1.82, 2.24) is 15.5 Å². The van der Waals surface area contributed by atoms with Gasteiger partial charge in [0, 0.05) is 6.54 Å². The molecular formula is C13H22N4O5. The van der Waals surface area contributed by atoms with Crippen LogP contribution in [0.5, 0.6) is 0 Å². The molecule has 1 aliphatic rings. The Morgan fingerprint density at radius 3 is 2.41 bits per heavy atom. The Balaban J connectivity index is 2.69. The van der Waals surface area contributed by atoms with Gasteiger partial charge < -0.3 is 26.4 Å². The molecule has 0 aromatic carbocycles. The third kappa shape index (κ3) is 4.42. The zero-order chi connectivity index (χ0) is 16.9. The SMILES string of the molecule is C[C@H](NC(=O)[C@@H]1CCCN1C(=O)[C@H](C)NC(=O)CN)C(=O)O. The minimum atomic E-state index is -1.15. The molecule has 3 amide bonds. The topological polar surface area (TPSA) is 142 Å². The second kappa shape index (κ2) is 7.74. The number of nitrogens with two attached hydrogens (primary N) is 1. The summed E-state index contributed by atoms with van der Waals surface area (Å²) in [6, 6.07) is -2.53. The number of carbonyl (C=O) groups is 4. The highest BCUT2D eigenvalue weighted by Gasteiger charge is 2.37. The molecule has 1 heterocycles. The number of carboxylic acids is 1. The summed E-state index contributed by atoms with van der Waals surface area (Å²) in [5, 5.41) is 13.6. The smallest absolute Gasteiger partial charge is 0.325 e. The lowest BCUT2D eigenvalue weighted by Crippen LogP contribution is -2.54. The second-order valence-electron chi connectivity index (χ2n) is 5.25. The van der Waals surface area contributed by atoms with Crippen LogP contribution in [0.3, 0.4) is 0 Å². The van der Waals surface area contributed by atoms with E-state index in [4.69, 9.17) is 10.8 Å². The number of amides is 3. The lowest BCUT2D eigenvalue weighted by atomic mass is 10.1. The van der Waals surface area contributed by atoms with Crippen LogP contribution in [0, 0.1) is 0 Å². The van der Waals surface area contributed by atoms with E-state index in [2.05, 4.69) is 10.6 Å². The van der Waals surface area contributed by atoms with E-state index in [1.807, 2.05) is 0 Å². The first-order valence-electron chi connectivity index (χ1n) is 7.11. The summed E-state index contributed by atoms with van der Waals surface area (Å²) < 4.78 is 0. The van der Waals surface area contributed by atoms with Gasteiger partial charge in [0.25, 0.3) is 0 Å². The molecule has 0 spiro atoms. The first-order valence-corrected chi connectivity index (χ1v) is 7.11. The minimum absolute atomic E-state index is 0.225.